The third-order valence-corrected chi connectivity index (χ3v) is 6.25. The molecule has 1 N–H and O–H groups in total. The lowest BCUT2D eigenvalue weighted by atomic mass is 9.99. The first-order valence-corrected chi connectivity index (χ1v) is 12.8. The Hall–Kier alpha value is -4.20. The van der Waals surface area contributed by atoms with Gasteiger partial charge in [0.05, 0.1) is 12.1 Å². The van der Waals surface area contributed by atoms with Gasteiger partial charge in [-0.2, -0.15) is 0 Å². The number of carbonyl (C=O) groups excluding carboxylic acids is 2. The standard InChI is InChI=1S/C30H35N5O3/c1-7-38-24-16-13-22(14-17-24)28(29(37)31-30(4,5)6)35(23-15-12-20(2)21(3)18-23)27(36)19-34-26-11-9-8-10-25(26)32-33-34/h8-18,28H,7,19H2,1-6H3,(H,31,37)/t28-/m0/s1. The normalized spacial score (nSPS) is 12.3. The predicted octanol–water partition coefficient (Wildman–Crippen LogP) is 5.14. The number of nitrogens with one attached hydrogen (secondary N) is 1. The molecule has 0 aliphatic heterocycles. The van der Waals surface area contributed by atoms with Crippen LogP contribution < -0.4 is 15.0 Å². The number of rotatable bonds is 8. The van der Waals surface area contributed by atoms with Gasteiger partial charge in [0.2, 0.25) is 11.8 Å². The number of nitrogens with zero attached hydrogens (tertiary/aromatic N) is 4. The first-order chi connectivity index (χ1) is 18.1. The Labute approximate surface area is 223 Å². The third kappa shape index (κ3) is 6.02. The van der Waals surface area contributed by atoms with Gasteiger partial charge in [-0.1, -0.05) is 35.5 Å². The maximum atomic E-state index is 14.1. The largest absolute Gasteiger partial charge is 0.494 e. The molecule has 0 radical (unpaired) electrons. The number of aryl methyl sites for hydroxylation is 2. The molecule has 0 saturated heterocycles. The minimum atomic E-state index is -0.922. The molecule has 0 saturated carbocycles. The fourth-order valence-corrected chi connectivity index (χ4v) is 4.32. The Morgan fingerprint density at radius 1 is 1.00 bits per heavy atom. The van der Waals surface area contributed by atoms with Crippen LogP contribution in [0.25, 0.3) is 11.0 Å². The summed E-state index contributed by atoms with van der Waals surface area (Å²) in [6.07, 6.45) is 0. The zero-order valence-corrected chi connectivity index (χ0v) is 22.9. The van der Waals surface area contributed by atoms with Gasteiger partial charge in [-0.15, -0.1) is 5.10 Å². The van der Waals surface area contributed by atoms with E-state index >= 15 is 0 Å². The highest BCUT2D eigenvalue weighted by molar-refractivity contribution is 6.01. The van der Waals surface area contributed by atoms with Gasteiger partial charge < -0.3 is 10.1 Å². The molecule has 1 aromatic heterocycles. The minimum Gasteiger partial charge on any atom is -0.494 e. The molecule has 4 aromatic rings. The summed E-state index contributed by atoms with van der Waals surface area (Å²) in [5, 5.41) is 11.5. The van der Waals surface area contributed by atoms with Crippen LogP contribution in [0, 0.1) is 13.8 Å². The summed E-state index contributed by atoms with van der Waals surface area (Å²) < 4.78 is 7.19. The number of ether oxygens (including phenoxy) is 1. The van der Waals surface area contributed by atoms with Crippen molar-refractivity contribution in [2.24, 2.45) is 0 Å². The minimum absolute atomic E-state index is 0.0796. The molecule has 3 aromatic carbocycles. The number of aromatic nitrogens is 3. The van der Waals surface area contributed by atoms with Gasteiger partial charge >= 0.3 is 0 Å². The quantitative estimate of drug-likeness (QED) is 0.353. The summed E-state index contributed by atoms with van der Waals surface area (Å²) >= 11 is 0. The van der Waals surface area contributed by atoms with Gasteiger partial charge in [0.25, 0.3) is 0 Å². The fraction of sp³-hybridized carbons (Fsp3) is 0.333. The van der Waals surface area contributed by atoms with Gasteiger partial charge in [-0.3, -0.25) is 14.5 Å². The van der Waals surface area contributed by atoms with Gasteiger partial charge in [0.15, 0.2) is 0 Å². The number of fused-ring (bicyclic) bond motifs is 1. The molecule has 0 unspecified atom stereocenters. The Kier molecular flexibility index (Phi) is 7.80. The van der Waals surface area contributed by atoms with Gasteiger partial charge in [0.1, 0.15) is 23.9 Å². The van der Waals surface area contributed by atoms with Crippen molar-refractivity contribution in [2.45, 2.75) is 59.7 Å². The van der Waals surface area contributed by atoms with E-state index in [-0.39, 0.29) is 18.4 Å². The molecule has 8 nitrogen and oxygen atoms in total. The van der Waals surface area contributed by atoms with Gasteiger partial charge in [0, 0.05) is 11.2 Å². The molecule has 1 heterocycles. The number of hydrogen-bond acceptors (Lipinski definition) is 5. The van der Waals surface area contributed by atoms with Crippen LogP contribution in [0.1, 0.15) is 50.4 Å². The first-order valence-electron chi connectivity index (χ1n) is 12.8. The van der Waals surface area contributed by atoms with E-state index in [1.165, 1.54) is 0 Å². The summed E-state index contributed by atoms with van der Waals surface area (Å²) in [6.45, 7) is 12.1. The molecule has 0 aliphatic rings. The first kappa shape index (κ1) is 26.9. The van der Waals surface area contributed by atoms with Crippen LogP contribution in [0.15, 0.2) is 66.7 Å². The Bertz CT molecular complexity index is 1440. The van der Waals surface area contributed by atoms with Crippen LogP contribution in [0.2, 0.25) is 0 Å². The van der Waals surface area contributed by atoms with E-state index in [0.717, 1.165) is 16.6 Å². The summed E-state index contributed by atoms with van der Waals surface area (Å²) in [6, 6.07) is 19.7. The highest BCUT2D eigenvalue weighted by Crippen LogP contribution is 2.31. The monoisotopic (exact) mass is 513 g/mol. The van der Waals surface area contributed by atoms with Crippen molar-refractivity contribution < 1.29 is 14.3 Å². The Morgan fingerprint density at radius 3 is 2.37 bits per heavy atom. The van der Waals surface area contributed by atoms with E-state index in [0.29, 0.717) is 29.1 Å². The zero-order chi connectivity index (χ0) is 27.4. The van der Waals surface area contributed by atoms with Crippen molar-refractivity contribution in [3.05, 3.63) is 83.4 Å². The van der Waals surface area contributed by atoms with Crippen LogP contribution >= 0.6 is 0 Å². The van der Waals surface area contributed by atoms with Crippen molar-refractivity contribution >= 4 is 28.5 Å². The van der Waals surface area contributed by atoms with E-state index in [9.17, 15) is 9.59 Å². The molecule has 38 heavy (non-hydrogen) atoms. The number of amides is 2. The molecule has 0 spiro atoms. The SMILES string of the molecule is CCOc1ccc([C@@H](C(=O)NC(C)(C)C)N(C(=O)Cn2nnc3ccccc32)c2ccc(C)c(C)c2)cc1. The average Bonchev–Trinajstić information content (AvgIpc) is 3.26. The van der Waals surface area contributed by atoms with Gasteiger partial charge in [-0.05, 0) is 94.6 Å². The third-order valence-electron chi connectivity index (χ3n) is 6.25. The lowest BCUT2D eigenvalue weighted by Gasteiger charge is -2.34. The molecule has 0 fully saturated rings. The number of benzene rings is 3. The van der Waals surface area contributed by atoms with Crippen molar-refractivity contribution in [2.75, 3.05) is 11.5 Å². The predicted molar refractivity (Wildman–Crippen MR) is 149 cm³/mol. The molecule has 8 heteroatoms. The summed E-state index contributed by atoms with van der Waals surface area (Å²) in [4.78, 5) is 29.6. The van der Waals surface area contributed by atoms with Crippen LogP contribution in [-0.4, -0.2) is 39.0 Å². The van der Waals surface area contributed by atoms with Crippen molar-refractivity contribution in [3.8, 4) is 5.75 Å². The lowest BCUT2D eigenvalue weighted by molar-refractivity contribution is -0.128. The highest BCUT2D eigenvalue weighted by atomic mass is 16.5. The zero-order valence-electron chi connectivity index (χ0n) is 22.9. The molecule has 2 amide bonds. The fourth-order valence-electron chi connectivity index (χ4n) is 4.32. The average molecular weight is 514 g/mol. The molecular formula is C30H35N5O3. The Morgan fingerprint density at radius 2 is 1.71 bits per heavy atom. The smallest absolute Gasteiger partial charge is 0.249 e. The number of anilines is 1. The van der Waals surface area contributed by atoms with Gasteiger partial charge in [-0.25, -0.2) is 4.68 Å². The van der Waals surface area contributed by atoms with Crippen molar-refractivity contribution in [3.63, 3.8) is 0 Å². The molecule has 198 valence electrons. The van der Waals surface area contributed by atoms with Crippen LogP contribution in [0.5, 0.6) is 5.75 Å². The van der Waals surface area contributed by atoms with E-state index < -0.39 is 11.6 Å². The lowest BCUT2D eigenvalue weighted by Crippen LogP contribution is -2.50. The van der Waals surface area contributed by atoms with Crippen molar-refractivity contribution in [1.82, 2.24) is 20.3 Å². The second-order valence-corrected chi connectivity index (χ2v) is 10.4. The number of hydrogen-bond donors (Lipinski definition) is 1. The van der Waals surface area contributed by atoms with Crippen molar-refractivity contribution in [1.29, 1.82) is 0 Å². The molecule has 1 atom stereocenters. The van der Waals surface area contributed by atoms with E-state index in [4.69, 9.17) is 4.74 Å². The summed E-state index contributed by atoms with van der Waals surface area (Å²) in [5.41, 5.74) is 4.37. The van der Waals surface area contributed by atoms with E-state index in [2.05, 4.69) is 15.6 Å². The summed E-state index contributed by atoms with van der Waals surface area (Å²) in [5.74, 6) is 0.132. The Balaban J connectivity index is 1.83. The van der Waals surface area contributed by atoms with Crippen LogP contribution in [0.3, 0.4) is 0 Å². The maximum absolute atomic E-state index is 14.1. The van der Waals surface area contributed by atoms with Crippen LogP contribution in [0.4, 0.5) is 5.69 Å². The highest BCUT2D eigenvalue weighted by Gasteiger charge is 2.35. The van der Waals surface area contributed by atoms with E-state index in [1.807, 2.05) is 108 Å². The number of carbonyl (C=O) groups is 2. The molecule has 0 bridgehead atoms. The van der Waals surface area contributed by atoms with Crippen LogP contribution in [-0.2, 0) is 16.1 Å². The maximum Gasteiger partial charge on any atom is 0.249 e. The topological polar surface area (TPSA) is 89.4 Å². The van der Waals surface area contributed by atoms with E-state index in [1.54, 1.807) is 9.58 Å². The molecule has 4 rings (SSSR count). The second kappa shape index (κ2) is 11.0. The second-order valence-electron chi connectivity index (χ2n) is 10.4. The molecule has 0 aliphatic carbocycles. The summed E-state index contributed by atoms with van der Waals surface area (Å²) in [7, 11) is 0. The number of para-hydroxylation sites is 1. The molecular weight excluding hydrogens is 478 g/mol.